The number of ether oxygens (including phenoxy) is 1. The molecule has 0 bridgehead atoms. The lowest BCUT2D eigenvalue weighted by molar-refractivity contribution is -0.385. The first-order chi connectivity index (χ1) is 7.08. The van der Waals surface area contributed by atoms with E-state index in [9.17, 15) is 14.9 Å². The molecule has 0 aliphatic rings. The zero-order valence-corrected chi connectivity index (χ0v) is 8.47. The number of carbonyl (C=O) groups is 1. The molecule has 0 radical (unpaired) electrons. The molecule has 0 fully saturated rings. The Morgan fingerprint density at radius 3 is 2.60 bits per heavy atom. The molecule has 5 heteroatoms. The fraction of sp³-hybridized carbons (Fsp3) is 0.300. The summed E-state index contributed by atoms with van der Waals surface area (Å²) in [5.74, 6) is 0.00620. The number of non-ortho nitro benzene ring substituents is 1. The van der Waals surface area contributed by atoms with E-state index in [1.807, 2.05) is 0 Å². The number of rotatable bonds is 4. The van der Waals surface area contributed by atoms with E-state index in [0.29, 0.717) is 11.3 Å². The van der Waals surface area contributed by atoms with Crippen LogP contribution in [0.3, 0.4) is 0 Å². The molecule has 5 nitrogen and oxygen atoms in total. The Morgan fingerprint density at radius 1 is 1.47 bits per heavy atom. The summed E-state index contributed by atoms with van der Waals surface area (Å²) in [5.41, 5.74) is 0.508. The summed E-state index contributed by atoms with van der Waals surface area (Å²) in [6.07, 6.45) is 0.735. The van der Waals surface area contributed by atoms with E-state index in [1.54, 1.807) is 13.0 Å². The summed E-state index contributed by atoms with van der Waals surface area (Å²) in [6, 6.07) is 4.31. The van der Waals surface area contributed by atoms with Gasteiger partial charge in [-0.3, -0.25) is 10.1 Å². The fourth-order valence-corrected chi connectivity index (χ4v) is 1.17. The van der Waals surface area contributed by atoms with Crippen molar-refractivity contribution in [1.82, 2.24) is 0 Å². The van der Waals surface area contributed by atoms with Crippen LogP contribution in [0.1, 0.15) is 18.4 Å². The molecule has 1 unspecified atom stereocenters. The molecule has 1 aromatic carbocycles. The van der Waals surface area contributed by atoms with Gasteiger partial charge in [0.25, 0.3) is 5.69 Å². The molecule has 0 amide bonds. The number of nitro groups is 1. The Hall–Kier alpha value is -1.91. The van der Waals surface area contributed by atoms with E-state index in [1.165, 1.54) is 19.2 Å². The lowest BCUT2D eigenvalue weighted by Crippen LogP contribution is -1.98. The van der Waals surface area contributed by atoms with Crippen molar-refractivity contribution in [2.45, 2.75) is 12.8 Å². The molecule has 1 atom stereocenters. The summed E-state index contributed by atoms with van der Waals surface area (Å²) < 4.78 is 4.92. The Labute approximate surface area is 86.8 Å². The first-order valence-electron chi connectivity index (χ1n) is 4.37. The molecule has 1 rings (SSSR count). The van der Waals surface area contributed by atoms with Crippen molar-refractivity contribution in [3.63, 3.8) is 0 Å². The van der Waals surface area contributed by atoms with E-state index in [-0.39, 0.29) is 11.6 Å². The number of hydrogen-bond acceptors (Lipinski definition) is 4. The minimum atomic E-state index is -0.510. The molecule has 0 saturated carbocycles. The zero-order chi connectivity index (χ0) is 11.4. The molecule has 0 aromatic heterocycles. The Morgan fingerprint density at radius 2 is 2.13 bits per heavy atom. The van der Waals surface area contributed by atoms with Crippen LogP contribution in [0.4, 0.5) is 5.69 Å². The second-order valence-corrected chi connectivity index (χ2v) is 3.15. The fourth-order valence-electron chi connectivity index (χ4n) is 1.17. The summed E-state index contributed by atoms with van der Waals surface area (Å²) in [7, 11) is 1.43. The lowest BCUT2D eigenvalue weighted by Gasteiger charge is -2.06. The van der Waals surface area contributed by atoms with Gasteiger partial charge in [-0.2, -0.15) is 0 Å². The van der Waals surface area contributed by atoms with Crippen LogP contribution in [0, 0.1) is 10.1 Å². The van der Waals surface area contributed by atoms with Crippen molar-refractivity contribution in [1.29, 1.82) is 0 Å². The van der Waals surface area contributed by atoms with E-state index < -0.39 is 4.92 Å². The number of aldehydes is 1. The van der Waals surface area contributed by atoms with E-state index in [4.69, 9.17) is 4.74 Å². The lowest BCUT2D eigenvalue weighted by atomic mass is 10.0. The molecule has 0 aliphatic carbocycles. The number of hydrogen-bond donors (Lipinski definition) is 0. The van der Waals surface area contributed by atoms with Crippen molar-refractivity contribution in [2.24, 2.45) is 0 Å². The first-order valence-corrected chi connectivity index (χ1v) is 4.37. The largest absolute Gasteiger partial charge is 0.496 e. The van der Waals surface area contributed by atoms with Crippen LogP contribution >= 0.6 is 0 Å². The van der Waals surface area contributed by atoms with Gasteiger partial charge in [-0.1, -0.05) is 6.92 Å². The summed E-state index contributed by atoms with van der Waals surface area (Å²) >= 11 is 0. The molecule has 0 spiro atoms. The smallest absolute Gasteiger partial charge is 0.273 e. The van der Waals surface area contributed by atoms with Crippen molar-refractivity contribution in [3.05, 3.63) is 33.9 Å². The average Bonchev–Trinajstić information content (AvgIpc) is 2.27. The van der Waals surface area contributed by atoms with Crippen molar-refractivity contribution < 1.29 is 14.5 Å². The minimum Gasteiger partial charge on any atom is -0.496 e. The van der Waals surface area contributed by atoms with E-state index in [0.717, 1.165) is 6.29 Å². The molecular weight excluding hydrogens is 198 g/mol. The minimum absolute atomic E-state index is 0.0712. The standard InChI is InChI=1S/C10H11NO4/c1-7(6-12)8-3-9(11(13)14)5-10(4-8)15-2/h3-7H,1-2H3. The molecule has 0 N–H and O–H groups in total. The van der Waals surface area contributed by atoms with Gasteiger partial charge in [-0.15, -0.1) is 0 Å². The van der Waals surface area contributed by atoms with Crippen molar-refractivity contribution in [3.8, 4) is 5.75 Å². The molecule has 80 valence electrons. The van der Waals surface area contributed by atoms with Gasteiger partial charge in [-0.25, -0.2) is 0 Å². The van der Waals surface area contributed by atoms with Crippen LogP contribution in [0.2, 0.25) is 0 Å². The molecule has 1 aromatic rings. The molecule has 0 heterocycles. The van der Waals surface area contributed by atoms with Gasteiger partial charge in [0.15, 0.2) is 0 Å². The first kappa shape index (κ1) is 11.2. The summed E-state index contributed by atoms with van der Waals surface area (Å²) in [5, 5.41) is 10.6. The highest BCUT2D eigenvalue weighted by molar-refractivity contribution is 5.63. The highest BCUT2D eigenvalue weighted by Gasteiger charge is 2.13. The van der Waals surface area contributed by atoms with Gasteiger partial charge in [0, 0.05) is 12.0 Å². The van der Waals surface area contributed by atoms with Gasteiger partial charge >= 0.3 is 0 Å². The number of nitrogens with zero attached hydrogens (tertiary/aromatic N) is 1. The van der Waals surface area contributed by atoms with Crippen LogP contribution in [0.25, 0.3) is 0 Å². The highest BCUT2D eigenvalue weighted by Crippen LogP contribution is 2.26. The van der Waals surface area contributed by atoms with Crippen LogP contribution in [-0.2, 0) is 4.79 Å². The monoisotopic (exact) mass is 209 g/mol. The third-order valence-electron chi connectivity index (χ3n) is 2.09. The predicted octanol–water partition coefficient (Wildman–Crippen LogP) is 1.91. The van der Waals surface area contributed by atoms with Gasteiger partial charge in [-0.05, 0) is 11.6 Å². The predicted molar refractivity (Wildman–Crippen MR) is 54.1 cm³/mol. The normalized spacial score (nSPS) is 11.9. The highest BCUT2D eigenvalue weighted by atomic mass is 16.6. The van der Waals surface area contributed by atoms with Crippen LogP contribution in [-0.4, -0.2) is 18.3 Å². The van der Waals surface area contributed by atoms with Crippen LogP contribution < -0.4 is 4.74 Å². The third kappa shape index (κ3) is 2.52. The Kier molecular flexibility index (Phi) is 3.38. The number of benzene rings is 1. The zero-order valence-electron chi connectivity index (χ0n) is 8.47. The molecule has 0 saturated heterocycles. The maximum Gasteiger partial charge on any atom is 0.273 e. The van der Waals surface area contributed by atoms with Crippen LogP contribution in [0.15, 0.2) is 18.2 Å². The van der Waals surface area contributed by atoms with E-state index >= 15 is 0 Å². The number of carbonyl (C=O) groups excluding carboxylic acids is 1. The molecule has 0 aliphatic heterocycles. The second kappa shape index (κ2) is 4.54. The second-order valence-electron chi connectivity index (χ2n) is 3.15. The van der Waals surface area contributed by atoms with E-state index in [2.05, 4.69) is 0 Å². The van der Waals surface area contributed by atoms with Gasteiger partial charge in [0.2, 0.25) is 0 Å². The Bertz CT molecular complexity index is 389. The summed E-state index contributed by atoms with van der Waals surface area (Å²) in [4.78, 5) is 20.7. The quantitative estimate of drug-likeness (QED) is 0.431. The Balaban J connectivity index is 3.22. The van der Waals surface area contributed by atoms with Crippen LogP contribution in [0.5, 0.6) is 5.75 Å². The summed E-state index contributed by atoms with van der Waals surface area (Å²) in [6.45, 7) is 1.67. The topological polar surface area (TPSA) is 69.4 Å². The van der Waals surface area contributed by atoms with Crippen molar-refractivity contribution >= 4 is 12.0 Å². The SMILES string of the molecule is COc1cc(C(C)C=O)cc([N+](=O)[O-])c1. The molecule has 15 heavy (non-hydrogen) atoms. The number of nitro benzene ring substituents is 1. The average molecular weight is 209 g/mol. The molecular formula is C10H11NO4. The maximum absolute atomic E-state index is 10.6. The van der Waals surface area contributed by atoms with Gasteiger partial charge in [0.1, 0.15) is 12.0 Å². The van der Waals surface area contributed by atoms with Crippen molar-refractivity contribution in [2.75, 3.05) is 7.11 Å². The number of methoxy groups -OCH3 is 1. The maximum atomic E-state index is 10.6. The third-order valence-corrected chi connectivity index (χ3v) is 2.09. The van der Waals surface area contributed by atoms with Gasteiger partial charge in [0.05, 0.1) is 18.1 Å². The van der Waals surface area contributed by atoms with Gasteiger partial charge < -0.3 is 9.53 Å².